The van der Waals surface area contributed by atoms with Gasteiger partial charge >= 0.3 is 13.2 Å². The Kier molecular flexibility index (Phi) is 8.82. The second kappa shape index (κ2) is 11.8. The van der Waals surface area contributed by atoms with Crippen LogP contribution in [0.3, 0.4) is 0 Å². The quantitative estimate of drug-likeness (QED) is 0.366. The predicted molar refractivity (Wildman–Crippen MR) is 165 cm³/mol. The maximum atomic E-state index is 13.7. The lowest BCUT2D eigenvalue weighted by Crippen LogP contribution is -2.41. The van der Waals surface area contributed by atoms with Gasteiger partial charge in [-0.15, -0.1) is 0 Å². The first-order valence-corrected chi connectivity index (χ1v) is 16.4. The summed E-state index contributed by atoms with van der Waals surface area (Å²) in [4.78, 5) is 30.3. The van der Waals surface area contributed by atoms with E-state index in [1.54, 1.807) is 12.4 Å². The van der Waals surface area contributed by atoms with Crippen molar-refractivity contribution in [2.75, 3.05) is 43.0 Å². The van der Waals surface area contributed by atoms with E-state index in [2.05, 4.69) is 34.4 Å². The largest absolute Gasteiger partial charge is 0.494 e. The third kappa shape index (κ3) is 7.36. The van der Waals surface area contributed by atoms with Gasteiger partial charge in [0.25, 0.3) is 0 Å². The Hall–Kier alpha value is -3.08. The molecule has 0 spiro atoms. The number of anilines is 1. The molecule has 0 bridgehead atoms. The van der Waals surface area contributed by atoms with Gasteiger partial charge in [-0.2, -0.15) is 0 Å². The van der Waals surface area contributed by atoms with Crippen molar-refractivity contribution < 1.29 is 23.6 Å². The first-order valence-electron chi connectivity index (χ1n) is 13.4. The van der Waals surface area contributed by atoms with Crippen LogP contribution in [0, 0.1) is 0 Å². The van der Waals surface area contributed by atoms with Crippen molar-refractivity contribution in [3.8, 4) is 0 Å². The van der Waals surface area contributed by atoms with Crippen LogP contribution in [0.4, 0.5) is 10.5 Å². The summed E-state index contributed by atoms with van der Waals surface area (Å²) in [6.45, 7) is 8.42. The molecule has 1 aromatic heterocycles. The molecule has 40 heavy (non-hydrogen) atoms. The summed E-state index contributed by atoms with van der Waals surface area (Å²) in [5.41, 5.74) is 1.22. The minimum absolute atomic E-state index is 0.0668. The van der Waals surface area contributed by atoms with Gasteiger partial charge in [-0.05, 0) is 81.1 Å². The highest BCUT2D eigenvalue weighted by Crippen LogP contribution is 2.37. The third-order valence-corrected chi connectivity index (χ3v) is 8.83. The summed E-state index contributed by atoms with van der Waals surface area (Å²) >= 11 is 0. The number of hydrogen-bond acceptors (Lipinski definition) is 6. The summed E-state index contributed by atoms with van der Waals surface area (Å²) in [5.74, 6) is -0.118. The molecule has 8 nitrogen and oxygen atoms in total. The maximum absolute atomic E-state index is 13.7. The zero-order valence-corrected chi connectivity index (χ0v) is 25.3. The Morgan fingerprint density at radius 1 is 1.00 bits per heavy atom. The molecule has 2 amide bonds. The molecule has 2 aromatic carbocycles. The van der Waals surface area contributed by atoms with E-state index < -0.39 is 40.4 Å². The second-order valence-electron chi connectivity index (χ2n) is 12.0. The van der Waals surface area contributed by atoms with Gasteiger partial charge in [0.2, 0.25) is 5.91 Å². The highest BCUT2D eigenvalue weighted by atomic mass is 32.3. The molecule has 2 heterocycles. The Morgan fingerprint density at radius 3 is 2.42 bits per heavy atom. The normalized spacial score (nSPS) is 17.3. The number of carbonyl (C=O) groups is 2. The van der Waals surface area contributed by atoms with Gasteiger partial charge in [-0.25, -0.2) is 14.8 Å². The van der Waals surface area contributed by atoms with Gasteiger partial charge in [0.05, 0.1) is 17.1 Å². The van der Waals surface area contributed by atoms with E-state index in [9.17, 15) is 9.59 Å². The maximum Gasteiger partial charge on any atom is 0.494 e. The first-order chi connectivity index (χ1) is 18.7. The van der Waals surface area contributed by atoms with Crippen molar-refractivity contribution in [2.45, 2.75) is 44.8 Å². The monoisotopic (exact) mass is 565 g/mol. The van der Waals surface area contributed by atoms with Gasteiger partial charge in [0, 0.05) is 35.8 Å². The van der Waals surface area contributed by atoms with Crippen LogP contribution in [0.1, 0.15) is 39.2 Å². The molecule has 0 radical (unpaired) electrons. The molecule has 1 saturated heterocycles. The number of amides is 2. The van der Waals surface area contributed by atoms with Crippen LogP contribution in [0.2, 0.25) is 0 Å². The molecule has 1 aliphatic heterocycles. The van der Waals surface area contributed by atoms with E-state index in [4.69, 9.17) is 14.0 Å². The van der Waals surface area contributed by atoms with Crippen LogP contribution < -0.4 is 16.1 Å². The number of fused-ring (bicyclic) bond motifs is 1. The Balaban J connectivity index is 1.54. The van der Waals surface area contributed by atoms with Crippen LogP contribution in [0.25, 0.3) is 10.8 Å². The topological polar surface area (TPSA) is 98.8 Å². The van der Waals surface area contributed by atoms with Gasteiger partial charge in [-0.3, -0.25) is 9.78 Å². The molecule has 0 aliphatic carbocycles. The van der Waals surface area contributed by atoms with E-state index in [0.29, 0.717) is 12.3 Å². The van der Waals surface area contributed by atoms with Crippen LogP contribution in [-0.2, 0) is 18.8 Å². The molecule has 1 atom stereocenters. The smallest absolute Gasteiger partial charge is 0.449 e. The van der Waals surface area contributed by atoms with Crippen molar-refractivity contribution in [3.05, 3.63) is 66.5 Å². The highest BCUT2D eigenvalue weighted by Gasteiger charge is 2.51. The molecule has 1 unspecified atom stereocenters. The lowest BCUT2D eigenvalue weighted by Gasteiger charge is -2.32. The number of aromatic nitrogens is 1. The number of ether oxygens (including phenoxy) is 1. The minimum atomic E-state index is -0.784. The molecule has 4 rings (SSSR count). The van der Waals surface area contributed by atoms with Gasteiger partial charge in [0.15, 0.2) is 0 Å². The van der Waals surface area contributed by atoms with Crippen molar-refractivity contribution >= 4 is 51.1 Å². The predicted octanol–water partition coefficient (Wildman–Crippen LogP) is 4.68. The van der Waals surface area contributed by atoms with Crippen molar-refractivity contribution in [2.24, 2.45) is 0 Å². The van der Waals surface area contributed by atoms with Crippen molar-refractivity contribution in [1.82, 2.24) is 10.3 Å². The number of benzene rings is 2. The summed E-state index contributed by atoms with van der Waals surface area (Å²) in [7, 11) is -1.35. The Labute approximate surface area is 239 Å². The number of rotatable bonds is 9. The van der Waals surface area contributed by atoms with Gasteiger partial charge in [0.1, 0.15) is 6.61 Å². The number of alkyl carbamates (subject to hydrolysis) is 1. The Morgan fingerprint density at radius 2 is 1.73 bits per heavy atom. The van der Waals surface area contributed by atoms with E-state index in [1.165, 1.54) is 0 Å². The molecule has 1 fully saturated rings. The lowest BCUT2D eigenvalue weighted by atomic mass is 9.77. The average Bonchev–Trinajstić information content (AvgIpc) is 3.10. The fourth-order valence-corrected chi connectivity index (χ4v) is 4.86. The molecule has 214 valence electrons. The first kappa shape index (κ1) is 29.9. The van der Waals surface area contributed by atoms with E-state index in [1.807, 2.05) is 76.2 Å². The zero-order valence-electron chi connectivity index (χ0n) is 24.4. The van der Waals surface area contributed by atoms with E-state index in [0.717, 1.165) is 27.6 Å². The molecule has 10 heteroatoms. The molecule has 3 aromatic rings. The SMILES string of the molecule is CC1(C)OB(c2cccc(C(CNC(=O)OCCS(C)(C)C)C(=O)Nc3ccc4cnccc4c3)c2)OC1(C)C. The van der Waals surface area contributed by atoms with E-state index >= 15 is 0 Å². The summed E-state index contributed by atoms with van der Waals surface area (Å²) < 4.78 is 17.9. The molecule has 2 N–H and O–H groups in total. The van der Waals surface area contributed by atoms with Gasteiger partial charge in [-0.1, -0.05) is 30.3 Å². The second-order valence-corrected chi connectivity index (χ2v) is 16.6. The molecule has 0 saturated carbocycles. The average molecular weight is 566 g/mol. The number of nitrogens with zero attached hydrogens (tertiary/aromatic N) is 1. The van der Waals surface area contributed by atoms with Crippen LogP contribution >= 0.6 is 10.0 Å². The Bertz CT molecular complexity index is 1360. The van der Waals surface area contributed by atoms with Crippen LogP contribution in [0.15, 0.2) is 60.9 Å². The van der Waals surface area contributed by atoms with Crippen LogP contribution in [0.5, 0.6) is 0 Å². The zero-order chi connectivity index (χ0) is 29.1. The fraction of sp³-hybridized carbons (Fsp3) is 0.433. The van der Waals surface area contributed by atoms with Crippen LogP contribution in [-0.4, -0.2) is 73.0 Å². The number of carbonyl (C=O) groups excluding carboxylic acids is 2. The third-order valence-electron chi connectivity index (χ3n) is 7.44. The van der Waals surface area contributed by atoms with Gasteiger partial charge < -0.3 is 24.7 Å². The lowest BCUT2D eigenvalue weighted by molar-refractivity contribution is -0.117. The molecular formula is C30H40BN3O5S. The highest BCUT2D eigenvalue weighted by molar-refractivity contribution is 8.32. The molecule has 1 aliphatic rings. The van der Waals surface area contributed by atoms with E-state index in [-0.39, 0.29) is 12.5 Å². The summed E-state index contributed by atoms with van der Waals surface area (Å²) in [5, 5.41) is 7.77. The standard InChI is InChI=1S/C30H40BN3O5S/c1-29(2)30(3,4)39-31(38-29)24-10-8-9-22(17-24)26(20-33-28(36)37-15-16-40(5,6)7)27(35)34-25-12-11-23-19-32-14-13-21(23)18-25/h8-14,17-19,26H,15-16,20H2,1-7H3,(H,33,36)(H,34,35). The minimum Gasteiger partial charge on any atom is -0.449 e. The van der Waals surface area contributed by atoms with Crippen molar-refractivity contribution in [1.29, 1.82) is 0 Å². The van der Waals surface area contributed by atoms with Crippen molar-refractivity contribution in [3.63, 3.8) is 0 Å². The summed E-state index contributed by atoms with van der Waals surface area (Å²) in [6.07, 6.45) is 9.47. The number of hydrogen-bond donors (Lipinski definition) is 2. The number of nitrogens with one attached hydrogen (secondary N) is 2. The fourth-order valence-electron chi connectivity index (χ4n) is 4.27. The summed E-state index contributed by atoms with van der Waals surface area (Å²) in [6, 6.07) is 15.2. The number of pyridine rings is 1. The molecular weight excluding hydrogens is 525 g/mol.